The van der Waals surface area contributed by atoms with E-state index in [1.807, 2.05) is 47.9 Å². The topological polar surface area (TPSA) is 64.3 Å². The molecule has 0 bridgehead atoms. The van der Waals surface area contributed by atoms with Crippen molar-refractivity contribution in [3.63, 3.8) is 0 Å². The second-order valence-electron chi connectivity index (χ2n) is 4.41. The highest BCUT2D eigenvalue weighted by Crippen LogP contribution is 2.28. The zero-order valence-corrected chi connectivity index (χ0v) is 13.9. The van der Waals surface area contributed by atoms with E-state index in [9.17, 15) is 4.79 Å². The molecule has 2 aromatic carbocycles. The number of hydrogen-bond donors (Lipinski definition) is 2. The number of halogens is 2. The lowest BCUT2D eigenvalue weighted by Gasteiger charge is -2.10. The third-order valence-corrected chi connectivity index (χ3v) is 3.85. The van der Waals surface area contributed by atoms with E-state index in [-0.39, 0.29) is 5.91 Å². The fourth-order valence-corrected chi connectivity index (χ4v) is 2.43. The summed E-state index contributed by atoms with van der Waals surface area (Å²) in [4.78, 5) is 11.1. The Kier molecular flexibility index (Phi) is 6.00. The van der Waals surface area contributed by atoms with E-state index in [0.29, 0.717) is 17.4 Å². The molecule has 0 radical (unpaired) electrons. The van der Waals surface area contributed by atoms with Gasteiger partial charge in [-0.3, -0.25) is 10.2 Å². The van der Waals surface area contributed by atoms with Crippen LogP contribution in [0, 0.1) is 0 Å². The van der Waals surface area contributed by atoms with E-state index < -0.39 is 0 Å². The zero-order chi connectivity index (χ0) is 15.9. The van der Waals surface area contributed by atoms with E-state index in [0.717, 1.165) is 15.6 Å². The monoisotopic (exact) mass is 380 g/mol. The van der Waals surface area contributed by atoms with Crippen LogP contribution >= 0.6 is 27.5 Å². The van der Waals surface area contributed by atoms with Crippen LogP contribution in [0.3, 0.4) is 0 Å². The Balaban J connectivity index is 2.05. The Morgan fingerprint density at radius 2 is 2.09 bits per heavy atom. The molecule has 0 aliphatic heterocycles. The lowest BCUT2D eigenvalue weighted by atomic mass is 10.2. The van der Waals surface area contributed by atoms with Crippen molar-refractivity contribution in [2.75, 3.05) is 0 Å². The van der Waals surface area contributed by atoms with Crippen LogP contribution in [0.25, 0.3) is 6.08 Å². The normalized spacial score (nSPS) is 10.7. The molecule has 0 spiro atoms. The van der Waals surface area contributed by atoms with Crippen LogP contribution in [0.1, 0.15) is 11.1 Å². The molecule has 3 N–H and O–H groups in total. The van der Waals surface area contributed by atoms with Gasteiger partial charge in [-0.05, 0) is 45.8 Å². The standard InChI is InChI=1S/C16H14BrClN2O2/c17-13-9-11(6-8-16(21)20-19)5-7-15(13)22-10-12-3-1-2-4-14(12)18/h1-9H,10,19H2,(H,20,21)/b8-6+. The lowest BCUT2D eigenvalue weighted by molar-refractivity contribution is -0.116. The molecular weight excluding hydrogens is 368 g/mol. The van der Waals surface area contributed by atoms with Crippen LogP contribution < -0.4 is 16.0 Å². The van der Waals surface area contributed by atoms with Gasteiger partial charge in [0.15, 0.2) is 0 Å². The summed E-state index contributed by atoms with van der Waals surface area (Å²) in [5.41, 5.74) is 3.79. The number of hydrogen-bond acceptors (Lipinski definition) is 3. The minimum atomic E-state index is -0.366. The molecule has 0 saturated heterocycles. The van der Waals surface area contributed by atoms with Gasteiger partial charge in [-0.25, -0.2) is 5.84 Å². The fourth-order valence-electron chi connectivity index (χ4n) is 1.73. The van der Waals surface area contributed by atoms with E-state index in [1.54, 1.807) is 6.08 Å². The lowest BCUT2D eigenvalue weighted by Crippen LogP contribution is -2.27. The maximum atomic E-state index is 11.1. The molecule has 6 heteroatoms. The average Bonchev–Trinajstić information content (AvgIpc) is 2.53. The number of hydrazine groups is 1. The first-order chi connectivity index (χ1) is 10.6. The summed E-state index contributed by atoms with van der Waals surface area (Å²) in [6.45, 7) is 0.378. The number of amides is 1. The summed E-state index contributed by atoms with van der Waals surface area (Å²) in [6, 6.07) is 13.0. The number of carbonyl (C=O) groups is 1. The van der Waals surface area contributed by atoms with Crippen LogP contribution in [-0.2, 0) is 11.4 Å². The first-order valence-corrected chi connectivity index (χ1v) is 7.61. The molecule has 0 heterocycles. The minimum absolute atomic E-state index is 0.366. The second-order valence-corrected chi connectivity index (χ2v) is 5.67. The summed E-state index contributed by atoms with van der Waals surface area (Å²) >= 11 is 9.54. The maximum Gasteiger partial charge on any atom is 0.257 e. The fraction of sp³-hybridized carbons (Fsp3) is 0.0625. The summed E-state index contributed by atoms with van der Waals surface area (Å²) in [5, 5.41) is 0.672. The van der Waals surface area contributed by atoms with Gasteiger partial charge in [0, 0.05) is 16.7 Å². The number of nitrogens with one attached hydrogen (secondary N) is 1. The Hall–Kier alpha value is -1.82. The third kappa shape index (κ3) is 4.59. The van der Waals surface area contributed by atoms with E-state index in [2.05, 4.69) is 15.9 Å². The molecule has 0 saturated carbocycles. The molecule has 0 aliphatic carbocycles. The molecule has 0 atom stereocenters. The van der Waals surface area contributed by atoms with Crippen molar-refractivity contribution < 1.29 is 9.53 Å². The van der Waals surface area contributed by atoms with Gasteiger partial charge in [0.1, 0.15) is 12.4 Å². The van der Waals surface area contributed by atoms with Crippen LogP contribution in [0.2, 0.25) is 5.02 Å². The number of nitrogens with two attached hydrogens (primary N) is 1. The van der Waals surface area contributed by atoms with Crippen molar-refractivity contribution in [3.05, 3.63) is 69.2 Å². The smallest absolute Gasteiger partial charge is 0.257 e. The Labute approximate surface area is 142 Å². The molecule has 0 aromatic heterocycles. The van der Waals surface area contributed by atoms with Gasteiger partial charge in [-0.2, -0.15) is 0 Å². The van der Waals surface area contributed by atoms with Gasteiger partial charge in [-0.1, -0.05) is 35.9 Å². The maximum absolute atomic E-state index is 11.1. The molecule has 1 amide bonds. The highest BCUT2D eigenvalue weighted by atomic mass is 79.9. The largest absolute Gasteiger partial charge is 0.488 e. The van der Waals surface area contributed by atoms with Crippen molar-refractivity contribution in [3.8, 4) is 5.75 Å². The van der Waals surface area contributed by atoms with E-state index >= 15 is 0 Å². The summed E-state index contributed by atoms with van der Waals surface area (Å²) < 4.78 is 6.54. The zero-order valence-electron chi connectivity index (χ0n) is 11.6. The third-order valence-electron chi connectivity index (χ3n) is 2.87. The molecule has 4 nitrogen and oxygen atoms in total. The summed E-state index contributed by atoms with van der Waals surface area (Å²) in [5.74, 6) is 5.34. The second kappa shape index (κ2) is 7.98. The average molecular weight is 382 g/mol. The quantitative estimate of drug-likeness (QED) is 0.359. The number of benzene rings is 2. The predicted octanol–water partition coefficient (Wildman–Crippen LogP) is 3.68. The molecule has 114 valence electrons. The predicted molar refractivity (Wildman–Crippen MR) is 91.3 cm³/mol. The van der Waals surface area contributed by atoms with Crippen molar-refractivity contribution in [1.82, 2.24) is 5.43 Å². The Morgan fingerprint density at radius 1 is 1.32 bits per heavy atom. The van der Waals surface area contributed by atoms with Crippen molar-refractivity contribution in [2.45, 2.75) is 6.61 Å². The van der Waals surface area contributed by atoms with Gasteiger partial charge in [0.05, 0.1) is 4.47 Å². The van der Waals surface area contributed by atoms with Crippen LogP contribution in [0.4, 0.5) is 0 Å². The van der Waals surface area contributed by atoms with Crippen LogP contribution in [0.15, 0.2) is 53.0 Å². The van der Waals surface area contributed by atoms with Crippen molar-refractivity contribution >= 4 is 39.5 Å². The summed E-state index contributed by atoms with van der Waals surface area (Å²) in [6.07, 6.45) is 3.01. The van der Waals surface area contributed by atoms with Crippen LogP contribution in [-0.4, -0.2) is 5.91 Å². The van der Waals surface area contributed by atoms with Crippen molar-refractivity contribution in [1.29, 1.82) is 0 Å². The van der Waals surface area contributed by atoms with Gasteiger partial charge < -0.3 is 4.74 Å². The van der Waals surface area contributed by atoms with Gasteiger partial charge in [0.2, 0.25) is 0 Å². The molecule has 0 unspecified atom stereocenters. The molecule has 2 aromatic rings. The van der Waals surface area contributed by atoms with Gasteiger partial charge in [0.25, 0.3) is 5.91 Å². The number of carbonyl (C=O) groups excluding carboxylic acids is 1. The van der Waals surface area contributed by atoms with E-state index in [4.69, 9.17) is 22.2 Å². The van der Waals surface area contributed by atoms with Crippen molar-refractivity contribution in [2.24, 2.45) is 5.84 Å². The highest BCUT2D eigenvalue weighted by Gasteiger charge is 2.04. The van der Waals surface area contributed by atoms with Gasteiger partial charge >= 0.3 is 0 Å². The minimum Gasteiger partial charge on any atom is -0.488 e. The molecule has 2 rings (SSSR count). The van der Waals surface area contributed by atoms with E-state index in [1.165, 1.54) is 6.08 Å². The number of rotatable bonds is 5. The molecular formula is C16H14BrClN2O2. The Morgan fingerprint density at radius 3 is 2.77 bits per heavy atom. The first-order valence-electron chi connectivity index (χ1n) is 6.44. The van der Waals surface area contributed by atoms with Gasteiger partial charge in [-0.15, -0.1) is 0 Å². The molecule has 22 heavy (non-hydrogen) atoms. The molecule has 0 fully saturated rings. The highest BCUT2D eigenvalue weighted by molar-refractivity contribution is 9.10. The first kappa shape index (κ1) is 16.5. The SMILES string of the molecule is NNC(=O)/C=C/c1ccc(OCc2ccccc2Cl)c(Br)c1. The summed E-state index contributed by atoms with van der Waals surface area (Å²) in [7, 11) is 0. The number of ether oxygens (including phenoxy) is 1. The van der Waals surface area contributed by atoms with Crippen LogP contribution in [0.5, 0.6) is 5.75 Å². The molecule has 0 aliphatic rings. The Bertz CT molecular complexity index is 704.